The van der Waals surface area contributed by atoms with Crippen LogP contribution in [0.5, 0.6) is 5.75 Å². The van der Waals surface area contributed by atoms with E-state index >= 15 is 0 Å². The van der Waals surface area contributed by atoms with E-state index in [-0.39, 0.29) is 11.7 Å². The van der Waals surface area contributed by atoms with Gasteiger partial charge in [-0.2, -0.15) is 0 Å². The highest BCUT2D eigenvalue weighted by molar-refractivity contribution is 5.45. The van der Waals surface area contributed by atoms with Crippen molar-refractivity contribution in [3.05, 3.63) is 29.3 Å². The van der Waals surface area contributed by atoms with E-state index in [0.717, 1.165) is 38.2 Å². The number of rotatable bonds is 3. The zero-order valence-electron chi connectivity index (χ0n) is 12.7. The first-order valence-corrected chi connectivity index (χ1v) is 7.65. The first kappa shape index (κ1) is 13.9. The number of para-hydroxylation sites is 1. The molecule has 2 aliphatic heterocycles. The monoisotopic (exact) mass is 275 g/mol. The lowest BCUT2D eigenvalue weighted by Gasteiger charge is -2.21. The number of aliphatic hydroxyl groups is 1. The second-order valence-corrected chi connectivity index (χ2v) is 6.97. The van der Waals surface area contributed by atoms with Crippen LogP contribution in [0.3, 0.4) is 0 Å². The summed E-state index contributed by atoms with van der Waals surface area (Å²) in [6.07, 6.45) is 1.89. The molecule has 110 valence electrons. The summed E-state index contributed by atoms with van der Waals surface area (Å²) >= 11 is 0. The van der Waals surface area contributed by atoms with Crippen LogP contribution in [0.2, 0.25) is 0 Å². The number of fused-ring (bicyclic) bond motifs is 1. The highest BCUT2D eigenvalue weighted by Gasteiger charge is 2.33. The van der Waals surface area contributed by atoms with E-state index in [1.165, 1.54) is 11.1 Å². The van der Waals surface area contributed by atoms with Gasteiger partial charge in [-0.3, -0.25) is 4.90 Å². The maximum absolute atomic E-state index is 9.71. The summed E-state index contributed by atoms with van der Waals surface area (Å²) < 4.78 is 6.13. The van der Waals surface area contributed by atoms with Gasteiger partial charge in [0, 0.05) is 25.1 Å². The smallest absolute Gasteiger partial charge is 0.127 e. The molecule has 3 rings (SSSR count). The first-order valence-electron chi connectivity index (χ1n) is 7.65. The van der Waals surface area contributed by atoms with E-state index in [1.54, 1.807) is 0 Å². The summed E-state index contributed by atoms with van der Waals surface area (Å²) in [6.45, 7) is 9.20. The molecule has 2 unspecified atom stereocenters. The second-order valence-electron chi connectivity index (χ2n) is 6.97. The van der Waals surface area contributed by atoms with Gasteiger partial charge in [-0.15, -0.1) is 0 Å². The third-order valence-electron chi connectivity index (χ3n) is 4.56. The van der Waals surface area contributed by atoms with Gasteiger partial charge in [0.05, 0.1) is 6.10 Å². The van der Waals surface area contributed by atoms with E-state index in [4.69, 9.17) is 4.74 Å². The third kappa shape index (κ3) is 2.70. The zero-order valence-corrected chi connectivity index (χ0v) is 12.7. The molecular formula is C17H25NO2. The SMILES string of the molecule is CC(O)C1CCN(Cc2cccc3c2OC(C)(C)C3)C1. The van der Waals surface area contributed by atoms with Crippen LogP contribution < -0.4 is 4.74 Å². The second kappa shape index (κ2) is 5.05. The van der Waals surface area contributed by atoms with Gasteiger partial charge in [0.2, 0.25) is 0 Å². The number of nitrogens with zero attached hydrogens (tertiary/aromatic N) is 1. The van der Waals surface area contributed by atoms with Crippen molar-refractivity contribution in [3.63, 3.8) is 0 Å². The largest absolute Gasteiger partial charge is 0.487 e. The highest BCUT2D eigenvalue weighted by atomic mass is 16.5. The predicted octanol–water partition coefficient (Wildman–Crippen LogP) is 2.60. The minimum atomic E-state index is -0.198. The predicted molar refractivity (Wildman–Crippen MR) is 79.9 cm³/mol. The molecule has 0 aliphatic carbocycles. The van der Waals surface area contributed by atoms with Gasteiger partial charge in [0.25, 0.3) is 0 Å². The van der Waals surface area contributed by atoms with Crippen molar-refractivity contribution in [2.24, 2.45) is 5.92 Å². The lowest BCUT2D eigenvalue weighted by atomic mass is 10.0. The molecule has 0 amide bonds. The Bertz CT molecular complexity index is 496. The molecule has 0 aromatic heterocycles. The maximum Gasteiger partial charge on any atom is 0.127 e. The van der Waals surface area contributed by atoms with Crippen molar-refractivity contribution < 1.29 is 9.84 Å². The Labute approximate surface area is 121 Å². The molecule has 20 heavy (non-hydrogen) atoms. The van der Waals surface area contributed by atoms with Crippen LogP contribution in [-0.2, 0) is 13.0 Å². The quantitative estimate of drug-likeness (QED) is 0.920. The molecule has 0 radical (unpaired) electrons. The molecule has 0 saturated carbocycles. The van der Waals surface area contributed by atoms with Crippen molar-refractivity contribution in [2.45, 2.75) is 51.9 Å². The Morgan fingerprint density at radius 1 is 1.45 bits per heavy atom. The highest BCUT2D eigenvalue weighted by Crippen LogP contribution is 2.38. The molecule has 1 aromatic rings. The van der Waals surface area contributed by atoms with Crippen molar-refractivity contribution >= 4 is 0 Å². The average molecular weight is 275 g/mol. The Morgan fingerprint density at radius 3 is 2.95 bits per heavy atom. The topological polar surface area (TPSA) is 32.7 Å². The molecule has 3 heteroatoms. The van der Waals surface area contributed by atoms with Crippen molar-refractivity contribution in [3.8, 4) is 5.75 Å². The Balaban J connectivity index is 1.73. The minimum absolute atomic E-state index is 0.0778. The fourth-order valence-corrected chi connectivity index (χ4v) is 3.44. The van der Waals surface area contributed by atoms with E-state index in [9.17, 15) is 5.11 Å². The lowest BCUT2D eigenvalue weighted by Crippen LogP contribution is -2.26. The molecule has 0 bridgehead atoms. The molecular weight excluding hydrogens is 250 g/mol. The number of hydrogen-bond donors (Lipinski definition) is 1. The van der Waals surface area contributed by atoms with E-state index in [1.807, 2.05) is 6.92 Å². The summed E-state index contributed by atoms with van der Waals surface area (Å²) in [5, 5.41) is 9.71. The van der Waals surface area contributed by atoms with Crippen molar-refractivity contribution in [1.82, 2.24) is 4.90 Å². The van der Waals surface area contributed by atoms with Crippen LogP contribution in [0.4, 0.5) is 0 Å². The van der Waals surface area contributed by atoms with Gasteiger partial charge in [-0.05, 0) is 45.2 Å². The number of hydrogen-bond acceptors (Lipinski definition) is 3. The van der Waals surface area contributed by atoms with Gasteiger partial charge in [0.1, 0.15) is 11.4 Å². The zero-order chi connectivity index (χ0) is 14.3. The Hall–Kier alpha value is -1.06. The minimum Gasteiger partial charge on any atom is -0.487 e. The van der Waals surface area contributed by atoms with Crippen LogP contribution in [0.15, 0.2) is 18.2 Å². The Kier molecular flexibility index (Phi) is 3.51. The third-order valence-corrected chi connectivity index (χ3v) is 4.56. The fraction of sp³-hybridized carbons (Fsp3) is 0.647. The van der Waals surface area contributed by atoms with Gasteiger partial charge >= 0.3 is 0 Å². The average Bonchev–Trinajstić information content (AvgIpc) is 2.92. The number of ether oxygens (including phenoxy) is 1. The first-order chi connectivity index (χ1) is 9.44. The fourth-order valence-electron chi connectivity index (χ4n) is 3.44. The summed E-state index contributed by atoms with van der Waals surface area (Å²) in [4.78, 5) is 2.43. The molecule has 1 saturated heterocycles. The number of aliphatic hydroxyl groups excluding tert-OH is 1. The maximum atomic E-state index is 9.71. The standard InChI is InChI=1S/C17H25NO2/c1-12(19)14-7-8-18(10-14)11-15-6-4-5-13-9-17(2,3)20-16(13)15/h4-6,12,14,19H,7-11H2,1-3H3. The summed E-state index contributed by atoms with van der Waals surface area (Å²) in [7, 11) is 0. The molecule has 2 atom stereocenters. The summed E-state index contributed by atoms with van der Waals surface area (Å²) in [6, 6.07) is 6.49. The van der Waals surface area contributed by atoms with Crippen LogP contribution in [0, 0.1) is 5.92 Å². The number of likely N-dealkylation sites (tertiary alicyclic amines) is 1. The summed E-state index contributed by atoms with van der Waals surface area (Å²) in [5.74, 6) is 1.52. The normalized spacial score (nSPS) is 26.3. The molecule has 2 heterocycles. The van der Waals surface area contributed by atoms with E-state index < -0.39 is 0 Å². The van der Waals surface area contributed by atoms with Crippen LogP contribution in [0.1, 0.15) is 38.3 Å². The molecule has 1 N–H and O–H groups in total. The van der Waals surface area contributed by atoms with Gasteiger partial charge in [-0.25, -0.2) is 0 Å². The molecule has 2 aliphatic rings. The molecule has 1 fully saturated rings. The molecule has 3 nitrogen and oxygen atoms in total. The number of benzene rings is 1. The molecule has 0 spiro atoms. The van der Waals surface area contributed by atoms with E-state index in [2.05, 4.69) is 36.9 Å². The van der Waals surface area contributed by atoms with Gasteiger partial charge < -0.3 is 9.84 Å². The van der Waals surface area contributed by atoms with Crippen molar-refractivity contribution in [2.75, 3.05) is 13.1 Å². The van der Waals surface area contributed by atoms with E-state index in [0.29, 0.717) is 5.92 Å². The van der Waals surface area contributed by atoms with Gasteiger partial charge in [0.15, 0.2) is 0 Å². The summed E-state index contributed by atoms with van der Waals surface area (Å²) in [5.41, 5.74) is 2.55. The van der Waals surface area contributed by atoms with Gasteiger partial charge in [-0.1, -0.05) is 18.2 Å². The van der Waals surface area contributed by atoms with Crippen LogP contribution >= 0.6 is 0 Å². The van der Waals surface area contributed by atoms with Crippen LogP contribution in [-0.4, -0.2) is 34.8 Å². The van der Waals surface area contributed by atoms with Crippen molar-refractivity contribution in [1.29, 1.82) is 0 Å². The lowest BCUT2D eigenvalue weighted by molar-refractivity contribution is 0.125. The Morgan fingerprint density at radius 2 is 2.25 bits per heavy atom. The molecule has 1 aromatic carbocycles. The van der Waals surface area contributed by atoms with Crippen LogP contribution in [0.25, 0.3) is 0 Å².